The van der Waals surface area contributed by atoms with Crippen molar-refractivity contribution in [1.82, 2.24) is 20.4 Å². The molecule has 1 aromatic carbocycles. The maximum absolute atomic E-state index is 11.9. The van der Waals surface area contributed by atoms with E-state index in [9.17, 15) is 4.79 Å². The molecular formula is C22H27N5O2. The normalized spacial score (nSPS) is 12.7. The summed E-state index contributed by atoms with van der Waals surface area (Å²) in [4.78, 5) is 20.8. The molecule has 0 aliphatic carbocycles. The van der Waals surface area contributed by atoms with E-state index >= 15 is 0 Å². The molecule has 7 heteroatoms. The summed E-state index contributed by atoms with van der Waals surface area (Å²) in [7, 11) is 0. The number of nitrogens with zero attached hydrogens (tertiary/aromatic N) is 3. The Kier molecular flexibility index (Phi) is 6.08. The Bertz CT molecular complexity index is 973. The molecule has 0 fully saturated rings. The summed E-state index contributed by atoms with van der Waals surface area (Å²) >= 11 is 0. The van der Waals surface area contributed by atoms with Crippen molar-refractivity contribution < 1.29 is 9.32 Å². The highest BCUT2D eigenvalue weighted by molar-refractivity contribution is 5.80. The summed E-state index contributed by atoms with van der Waals surface area (Å²) in [5, 5.41) is 7.24. The predicted molar refractivity (Wildman–Crippen MR) is 111 cm³/mol. The van der Waals surface area contributed by atoms with Crippen LogP contribution in [0.1, 0.15) is 43.5 Å². The number of nitrogens with one attached hydrogen (secondary N) is 1. The molecule has 2 heterocycles. The number of nitrogens with two attached hydrogens (primary N) is 1. The molecule has 0 radical (unpaired) electrons. The molecule has 3 N–H and O–H groups in total. The average Bonchev–Trinajstić information content (AvgIpc) is 3.17. The third-order valence-electron chi connectivity index (χ3n) is 4.71. The summed E-state index contributed by atoms with van der Waals surface area (Å²) in [6.45, 7) is 8.51. The molecule has 0 saturated carbocycles. The number of carbonyl (C=O) groups excluding carboxylic acids is 1. The fraction of sp³-hybridized carbons (Fsp3) is 0.364. The van der Waals surface area contributed by atoms with Crippen LogP contribution in [0.3, 0.4) is 0 Å². The first-order valence-electron chi connectivity index (χ1n) is 9.61. The molecule has 0 bridgehead atoms. The molecule has 0 saturated heterocycles. The minimum atomic E-state index is -0.468. The molecule has 0 aliphatic rings. The van der Waals surface area contributed by atoms with E-state index in [4.69, 9.17) is 10.3 Å². The number of hydrogen-bond acceptors (Lipinski definition) is 6. The van der Waals surface area contributed by atoms with E-state index in [0.717, 1.165) is 22.4 Å². The summed E-state index contributed by atoms with van der Waals surface area (Å²) in [5.74, 6) is 0.710. The number of pyridine rings is 1. The monoisotopic (exact) mass is 393 g/mol. The second-order valence-electron chi connectivity index (χ2n) is 8.18. The Morgan fingerprint density at radius 1 is 1.21 bits per heavy atom. The molecule has 3 rings (SSSR count). The third-order valence-corrected chi connectivity index (χ3v) is 4.71. The lowest BCUT2D eigenvalue weighted by atomic mass is 9.97. The van der Waals surface area contributed by atoms with Gasteiger partial charge in [-0.1, -0.05) is 50.2 Å². The summed E-state index contributed by atoms with van der Waals surface area (Å²) in [6.07, 6.45) is 2.24. The molecule has 2 aromatic heterocycles. The Hall–Kier alpha value is -3.06. The van der Waals surface area contributed by atoms with Crippen LogP contribution in [-0.2, 0) is 23.2 Å². The van der Waals surface area contributed by atoms with E-state index in [1.807, 2.05) is 64.1 Å². The predicted octanol–water partition coefficient (Wildman–Crippen LogP) is 2.92. The van der Waals surface area contributed by atoms with Gasteiger partial charge in [0.15, 0.2) is 0 Å². The highest BCUT2D eigenvalue weighted by Gasteiger charge is 2.22. The van der Waals surface area contributed by atoms with E-state index in [1.54, 1.807) is 6.20 Å². The fourth-order valence-corrected chi connectivity index (χ4v) is 2.87. The maximum Gasteiger partial charge on any atom is 0.234 e. The second kappa shape index (κ2) is 8.53. The summed E-state index contributed by atoms with van der Waals surface area (Å²) in [6, 6.07) is 11.3. The van der Waals surface area contributed by atoms with Gasteiger partial charge in [-0.05, 0) is 36.6 Å². The lowest BCUT2D eigenvalue weighted by Gasteiger charge is -2.16. The molecule has 29 heavy (non-hydrogen) atoms. The van der Waals surface area contributed by atoms with Gasteiger partial charge in [0.1, 0.15) is 0 Å². The van der Waals surface area contributed by atoms with Gasteiger partial charge in [-0.2, -0.15) is 4.98 Å². The summed E-state index contributed by atoms with van der Waals surface area (Å²) < 4.78 is 5.33. The topological polar surface area (TPSA) is 107 Å². The van der Waals surface area contributed by atoms with Gasteiger partial charge in [0.2, 0.25) is 17.6 Å². The van der Waals surface area contributed by atoms with Gasteiger partial charge in [0.05, 0.1) is 11.7 Å². The Morgan fingerprint density at radius 2 is 1.97 bits per heavy atom. The van der Waals surface area contributed by atoms with Gasteiger partial charge in [-0.15, -0.1) is 0 Å². The lowest BCUT2D eigenvalue weighted by Crippen LogP contribution is -2.42. The zero-order chi connectivity index (χ0) is 21.0. The highest BCUT2D eigenvalue weighted by atomic mass is 16.5. The number of aryl methyl sites for hydroxylation is 1. The number of rotatable bonds is 7. The number of benzene rings is 1. The number of aromatic nitrogens is 3. The quantitative estimate of drug-likeness (QED) is 0.639. The van der Waals surface area contributed by atoms with Crippen molar-refractivity contribution in [3.8, 4) is 11.4 Å². The molecule has 0 aliphatic heterocycles. The van der Waals surface area contributed by atoms with Crippen LogP contribution in [0.2, 0.25) is 0 Å². The van der Waals surface area contributed by atoms with Crippen molar-refractivity contribution in [2.24, 2.45) is 5.73 Å². The second-order valence-corrected chi connectivity index (χ2v) is 8.18. The zero-order valence-corrected chi connectivity index (χ0v) is 17.3. The van der Waals surface area contributed by atoms with Crippen molar-refractivity contribution in [1.29, 1.82) is 0 Å². The van der Waals surface area contributed by atoms with Gasteiger partial charge in [0.25, 0.3) is 0 Å². The zero-order valence-electron chi connectivity index (χ0n) is 17.3. The third kappa shape index (κ3) is 5.26. The van der Waals surface area contributed by atoms with Gasteiger partial charge in [-0.25, -0.2) is 0 Å². The van der Waals surface area contributed by atoms with Crippen molar-refractivity contribution >= 4 is 5.91 Å². The van der Waals surface area contributed by atoms with Crippen LogP contribution in [0.4, 0.5) is 0 Å². The van der Waals surface area contributed by atoms with Crippen LogP contribution >= 0.6 is 0 Å². The van der Waals surface area contributed by atoms with Gasteiger partial charge in [0, 0.05) is 23.7 Å². The van der Waals surface area contributed by atoms with Gasteiger partial charge in [-0.3, -0.25) is 15.1 Å². The van der Waals surface area contributed by atoms with Crippen LogP contribution < -0.4 is 11.1 Å². The van der Waals surface area contributed by atoms with Gasteiger partial charge >= 0.3 is 0 Å². The van der Waals surface area contributed by atoms with Crippen LogP contribution in [0.15, 0.2) is 47.1 Å². The molecule has 152 valence electrons. The first-order chi connectivity index (χ1) is 13.7. The Morgan fingerprint density at radius 3 is 2.55 bits per heavy atom. The number of carbonyl (C=O) groups is 1. The minimum Gasteiger partial charge on any atom is -0.368 e. The molecule has 7 nitrogen and oxygen atoms in total. The molecule has 0 spiro atoms. The van der Waals surface area contributed by atoms with Crippen LogP contribution in [0.5, 0.6) is 0 Å². The van der Waals surface area contributed by atoms with Crippen LogP contribution in [0.25, 0.3) is 11.4 Å². The van der Waals surface area contributed by atoms with Crippen molar-refractivity contribution in [2.45, 2.75) is 52.1 Å². The van der Waals surface area contributed by atoms with E-state index in [-0.39, 0.29) is 11.3 Å². The standard InChI is InChI=1S/C22H27N5O2/c1-14-7-5-6-8-15(14)11-18(19(23)28)25-13-17-10-9-16(12-24-17)20-26-21(29-27-20)22(2,3)4/h5-10,12,18,25H,11,13H2,1-4H3,(H2,23,28). The van der Waals surface area contributed by atoms with Crippen molar-refractivity contribution in [2.75, 3.05) is 0 Å². The maximum atomic E-state index is 11.9. The largest absolute Gasteiger partial charge is 0.368 e. The Labute approximate surface area is 170 Å². The highest BCUT2D eigenvalue weighted by Crippen LogP contribution is 2.23. The molecule has 1 atom stereocenters. The fourth-order valence-electron chi connectivity index (χ4n) is 2.87. The smallest absolute Gasteiger partial charge is 0.234 e. The molecule has 1 amide bonds. The number of amides is 1. The van der Waals surface area contributed by atoms with E-state index in [0.29, 0.717) is 24.7 Å². The summed E-state index contributed by atoms with van der Waals surface area (Å²) in [5.41, 5.74) is 9.19. The lowest BCUT2D eigenvalue weighted by molar-refractivity contribution is -0.120. The average molecular weight is 393 g/mol. The SMILES string of the molecule is Cc1ccccc1CC(NCc1ccc(-c2noc(C(C)(C)C)n2)cn1)C(N)=O. The number of primary amides is 1. The minimum absolute atomic E-state index is 0.205. The van der Waals surface area contributed by atoms with E-state index in [1.165, 1.54) is 0 Å². The Balaban J connectivity index is 1.65. The van der Waals surface area contributed by atoms with Crippen LogP contribution in [0, 0.1) is 6.92 Å². The van der Waals surface area contributed by atoms with E-state index in [2.05, 4.69) is 20.4 Å². The van der Waals surface area contributed by atoms with E-state index < -0.39 is 6.04 Å². The molecular weight excluding hydrogens is 366 g/mol. The van der Waals surface area contributed by atoms with Crippen molar-refractivity contribution in [3.05, 3.63) is 65.3 Å². The first kappa shape index (κ1) is 20.7. The van der Waals surface area contributed by atoms with Gasteiger partial charge < -0.3 is 10.3 Å². The van der Waals surface area contributed by atoms with Crippen LogP contribution in [-0.4, -0.2) is 27.1 Å². The van der Waals surface area contributed by atoms with Crippen molar-refractivity contribution in [3.63, 3.8) is 0 Å². The number of hydrogen-bond donors (Lipinski definition) is 2. The first-order valence-corrected chi connectivity index (χ1v) is 9.61. The molecule has 3 aromatic rings. The molecule has 1 unspecified atom stereocenters.